The minimum absolute atomic E-state index is 0.120. The Morgan fingerprint density at radius 3 is 2.35 bits per heavy atom. The van der Waals surface area contributed by atoms with Gasteiger partial charge in [0.05, 0.1) is 23.3 Å². The maximum Gasteiger partial charge on any atom is 0.337 e. The summed E-state index contributed by atoms with van der Waals surface area (Å²) in [6.45, 7) is 0.479. The minimum Gasteiger partial charge on any atom is -0.489 e. The Morgan fingerprint density at radius 1 is 1.03 bits per heavy atom. The first-order chi connectivity index (χ1) is 16.4. The maximum atomic E-state index is 12.7. The van der Waals surface area contributed by atoms with Crippen LogP contribution < -0.4 is 4.74 Å². The van der Waals surface area contributed by atoms with Crippen molar-refractivity contribution in [2.75, 3.05) is 14.2 Å². The molecule has 0 aromatic heterocycles. The van der Waals surface area contributed by atoms with E-state index in [2.05, 4.69) is 20.9 Å². The van der Waals surface area contributed by atoms with Gasteiger partial charge in [0.25, 0.3) is 5.91 Å². The smallest absolute Gasteiger partial charge is 0.337 e. The number of halogens is 1. The third-order valence-electron chi connectivity index (χ3n) is 5.01. The summed E-state index contributed by atoms with van der Waals surface area (Å²) in [5.41, 5.74) is 3.06. The predicted octanol–water partition coefficient (Wildman–Crippen LogP) is 6.05. The SMILES string of the molecule is COC(=O)c1ccc(N=C2S/C(=C\c3ccc(OCc4ccc(Br)cc4)cc3)C(=O)N2C)cc1. The van der Waals surface area contributed by atoms with Crippen LogP contribution in [0, 0.1) is 0 Å². The fourth-order valence-electron chi connectivity index (χ4n) is 3.11. The molecule has 0 spiro atoms. The van der Waals surface area contributed by atoms with Crippen LogP contribution >= 0.6 is 27.7 Å². The molecule has 0 radical (unpaired) electrons. The van der Waals surface area contributed by atoms with E-state index in [-0.39, 0.29) is 5.91 Å². The Morgan fingerprint density at radius 2 is 1.71 bits per heavy atom. The number of hydrogen-bond donors (Lipinski definition) is 0. The summed E-state index contributed by atoms with van der Waals surface area (Å²) < 4.78 is 11.6. The molecular weight excluding hydrogens is 516 g/mol. The number of carbonyl (C=O) groups excluding carboxylic acids is 2. The lowest BCUT2D eigenvalue weighted by Gasteiger charge is -2.07. The molecule has 1 aliphatic heterocycles. The van der Waals surface area contributed by atoms with E-state index in [0.29, 0.717) is 27.9 Å². The molecular formula is C26H21BrN2O4S. The summed E-state index contributed by atoms with van der Waals surface area (Å²) in [7, 11) is 3.03. The molecule has 0 N–H and O–H groups in total. The number of carbonyl (C=O) groups is 2. The predicted molar refractivity (Wildman–Crippen MR) is 138 cm³/mol. The van der Waals surface area contributed by atoms with E-state index in [9.17, 15) is 9.59 Å². The van der Waals surface area contributed by atoms with Crippen LogP contribution in [0.5, 0.6) is 5.75 Å². The van der Waals surface area contributed by atoms with E-state index >= 15 is 0 Å². The summed E-state index contributed by atoms with van der Waals surface area (Å²) in [6.07, 6.45) is 1.84. The van der Waals surface area contributed by atoms with Crippen LogP contribution in [0.4, 0.5) is 5.69 Å². The first kappa shape index (κ1) is 23.8. The largest absolute Gasteiger partial charge is 0.489 e. The van der Waals surface area contributed by atoms with Gasteiger partial charge in [-0.3, -0.25) is 9.69 Å². The molecule has 0 saturated carbocycles. The average molecular weight is 537 g/mol. The molecule has 0 aliphatic carbocycles. The second kappa shape index (κ2) is 10.7. The molecule has 1 amide bonds. The number of nitrogens with zero attached hydrogens (tertiary/aromatic N) is 2. The van der Waals surface area contributed by atoms with Crippen LogP contribution in [0.15, 0.2) is 87.2 Å². The van der Waals surface area contributed by atoms with Crippen LogP contribution in [0.1, 0.15) is 21.5 Å². The lowest BCUT2D eigenvalue weighted by atomic mass is 10.2. The number of esters is 1. The lowest BCUT2D eigenvalue weighted by Crippen LogP contribution is -2.23. The molecule has 1 saturated heterocycles. The highest BCUT2D eigenvalue weighted by Gasteiger charge is 2.30. The number of benzene rings is 3. The van der Waals surface area contributed by atoms with E-state index in [1.54, 1.807) is 31.3 Å². The number of thioether (sulfide) groups is 1. The normalized spacial score (nSPS) is 15.7. The maximum absolute atomic E-state index is 12.7. The molecule has 1 aliphatic rings. The van der Waals surface area contributed by atoms with E-state index in [4.69, 9.17) is 9.47 Å². The van der Waals surface area contributed by atoms with E-state index in [1.165, 1.54) is 23.8 Å². The number of amides is 1. The molecule has 0 bridgehead atoms. The Balaban J connectivity index is 1.42. The molecule has 0 atom stereocenters. The molecule has 8 heteroatoms. The van der Waals surface area contributed by atoms with Crippen molar-refractivity contribution in [2.45, 2.75) is 6.61 Å². The average Bonchev–Trinajstić information content (AvgIpc) is 3.12. The standard InChI is InChI=1S/C26H21BrN2O4S/c1-29-24(30)23(34-26(29)28-21-11-7-19(8-12-21)25(31)32-2)15-17-5-13-22(14-6-17)33-16-18-3-9-20(27)10-4-18/h3-15H,16H2,1-2H3/b23-15-,28-26?. The zero-order chi connectivity index (χ0) is 24.1. The van der Waals surface area contributed by atoms with Crippen molar-refractivity contribution in [1.29, 1.82) is 0 Å². The van der Waals surface area contributed by atoms with Crippen molar-refractivity contribution in [3.63, 3.8) is 0 Å². The van der Waals surface area contributed by atoms with Crippen LogP contribution in [0.2, 0.25) is 0 Å². The van der Waals surface area contributed by atoms with Crippen molar-refractivity contribution in [3.05, 3.63) is 98.9 Å². The third kappa shape index (κ3) is 5.76. The van der Waals surface area contributed by atoms with Gasteiger partial charge in [0.2, 0.25) is 0 Å². The fraction of sp³-hybridized carbons (Fsp3) is 0.115. The van der Waals surface area contributed by atoms with Crippen LogP contribution in [0.3, 0.4) is 0 Å². The highest BCUT2D eigenvalue weighted by Crippen LogP contribution is 2.33. The van der Waals surface area contributed by atoms with E-state index in [1.807, 2.05) is 54.6 Å². The molecule has 172 valence electrons. The van der Waals surface area contributed by atoms with Crippen LogP contribution in [-0.2, 0) is 16.1 Å². The zero-order valence-electron chi connectivity index (χ0n) is 18.5. The van der Waals surface area contributed by atoms with Crippen molar-refractivity contribution < 1.29 is 19.1 Å². The van der Waals surface area contributed by atoms with Crippen molar-refractivity contribution in [2.24, 2.45) is 4.99 Å². The van der Waals surface area contributed by atoms with Gasteiger partial charge in [-0.25, -0.2) is 9.79 Å². The van der Waals surface area contributed by atoms with Gasteiger partial charge in [0.15, 0.2) is 5.17 Å². The molecule has 3 aromatic rings. The number of hydrogen-bond acceptors (Lipinski definition) is 6. The zero-order valence-corrected chi connectivity index (χ0v) is 20.9. The van der Waals surface area contributed by atoms with Crippen molar-refractivity contribution >= 4 is 56.5 Å². The van der Waals surface area contributed by atoms with Gasteiger partial charge < -0.3 is 9.47 Å². The lowest BCUT2D eigenvalue weighted by molar-refractivity contribution is -0.121. The van der Waals surface area contributed by atoms with Gasteiger partial charge >= 0.3 is 5.97 Å². The topological polar surface area (TPSA) is 68.2 Å². The fourth-order valence-corrected chi connectivity index (χ4v) is 4.36. The van der Waals surface area contributed by atoms with Gasteiger partial charge in [-0.05, 0) is 77.5 Å². The molecule has 1 heterocycles. The number of amidine groups is 1. The van der Waals surface area contributed by atoms with Crippen molar-refractivity contribution in [1.82, 2.24) is 4.90 Å². The number of ether oxygens (including phenoxy) is 2. The summed E-state index contributed by atoms with van der Waals surface area (Å²) in [6, 6.07) is 22.3. The first-order valence-corrected chi connectivity index (χ1v) is 12.0. The molecule has 6 nitrogen and oxygen atoms in total. The third-order valence-corrected chi connectivity index (χ3v) is 6.60. The van der Waals surface area contributed by atoms with Gasteiger partial charge in [0.1, 0.15) is 12.4 Å². The van der Waals surface area contributed by atoms with Gasteiger partial charge in [-0.15, -0.1) is 0 Å². The number of methoxy groups -OCH3 is 1. The van der Waals surface area contributed by atoms with Crippen LogP contribution in [-0.4, -0.2) is 36.1 Å². The number of rotatable bonds is 6. The first-order valence-electron chi connectivity index (χ1n) is 10.3. The monoisotopic (exact) mass is 536 g/mol. The molecule has 3 aromatic carbocycles. The molecule has 1 fully saturated rings. The molecule has 34 heavy (non-hydrogen) atoms. The number of aliphatic imine (C=N–C) groups is 1. The second-order valence-corrected chi connectivity index (χ2v) is 9.32. The summed E-state index contributed by atoms with van der Waals surface area (Å²) >= 11 is 4.73. The van der Waals surface area contributed by atoms with E-state index in [0.717, 1.165) is 21.3 Å². The Labute approximate surface area is 210 Å². The Bertz CT molecular complexity index is 1250. The van der Waals surface area contributed by atoms with Gasteiger partial charge in [-0.2, -0.15) is 0 Å². The Hall–Kier alpha value is -3.36. The number of likely N-dealkylation sites (N-methyl/N-ethyl adjacent to an activating group) is 1. The van der Waals surface area contributed by atoms with Gasteiger partial charge in [0, 0.05) is 11.5 Å². The Kier molecular flexibility index (Phi) is 7.49. The summed E-state index contributed by atoms with van der Waals surface area (Å²) in [5, 5.41) is 0.566. The van der Waals surface area contributed by atoms with Gasteiger partial charge in [-0.1, -0.05) is 40.2 Å². The molecule has 4 rings (SSSR count). The van der Waals surface area contributed by atoms with E-state index < -0.39 is 5.97 Å². The highest BCUT2D eigenvalue weighted by molar-refractivity contribution is 9.10. The minimum atomic E-state index is -0.406. The van der Waals surface area contributed by atoms with Crippen molar-refractivity contribution in [3.8, 4) is 5.75 Å². The van der Waals surface area contributed by atoms with Crippen LogP contribution in [0.25, 0.3) is 6.08 Å². The summed E-state index contributed by atoms with van der Waals surface area (Å²) in [5.74, 6) is 0.229. The molecule has 0 unspecified atom stereocenters. The quantitative estimate of drug-likeness (QED) is 0.283. The second-order valence-electron chi connectivity index (χ2n) is 7.39. The highest BCUT2D eigenvalue weighted by atomic mass is 79.9. The summed E-state index contributed by atoms with van der Waals surface area (Å²) in [4.78, 5) is 30.9.